The summed E-state index contributed by atoms with van der Waals surface area (Å²) < 4.78 is 0. The molecule has 4 nitrogen and oxygen atoms in total. The normalized spacial score (nSPS) is 19.2. The van der Waals surface area contributed by atoms with Gasteiger partial charge in [0.2, 0.25) is 11.8 Å². The minimum absolute atomic E-state index is 0.187. The maximum absolute atomic E-state index is 12.0. The lowest BCUT2D eigenvalue weighted by atomic mass is 9.88. The van der Waals surface area contributed by atoms with Crippen LogP contribution in [-0.4, -0.2) is 16.8 Å². The highest BCUT2D eigenvalue weighted by Crippen LogP contribution is 2.29. The number of nitrogens with one attached hydrogen (secondary N) is 1. The molecule has 1 N–H and O–H groups in total. The van der Waals surface area contributed by atoms with Crippen molar-refractivity contribution in [3.8, 4) is 0 Å². The molecule has 0 aliphatic carbocycles. The Kier molecular flexibility index (Phi) is 3.01. The number of benzene rings is 1. The largest absolute Gasteiger partial charge is 0.296 e. The summed E-state index contributed by atoms with van der Waals surface area (Å²) in [5, 5.41) is 3.45. The molecule has 0 radical (unpaired) electrons. The van der Waals surface area contributed by atoms with E-state index in [0.29, 0.717) is 12.8 Å². The number of pyridine rings is 1. The van der Waals surface area contributed by atoms with E-state index < -0.39 is 0 Å². The molecule has 2 amide bonds. The minimum Gasteiger partial charge on any atom is -0.296 e. The summed E-state index contributed by atoms with van der Waals surface area (Å²) in [7, 11) is 0. The summed E-state index contributed by atoms with van der Waals surface area (Å²) >= 11 is 0. The van der Waals surface area contributed by atoms with E-state index in [4.69, 9.17) is 0 Å². The maximum atomic E-state index is 12.0. The molecule has 102 valence electrons. The number of imide groups is 1. The van der Waals surface area contributed by atoms with Gasteiger partial charge in [0.1, 0.15) is 0 Å². The Morgan fingerprint density at radius 3 is 2.80 bits per heavy atom. The number of piperidine rings is 1. The highest BCUT2D eigenvalue weighted by Gasteiger charge is 2.29. The molecule has 1 aromatic heterocycles. The van der Waals surface area contributed by atoms with Crippen LogP contribution in [0.1, 0.15) is 35.6 Å². The third kappa shape index (κ3) is 2.07. The number of hydrogen-bond acceptors (Lipinski definition) is 3. The Hall–Kier alpha value is -2.23. The molecule has 1 unspecified atom stereocenters. The predicted octanol–water partition coefficient (Wildman–Crippen LogP) is 2.37. The van der Waals surface area contributed by atoms with Crippen LogP contribution in [0.25, 0.3) is 10.9 Å². The Morgan fingerprint density at radius 2 is 2.05 bits per heavy atom. The zero-order valence-corrected chi connectivity index (χ0v) is 11.6. The van der Waals surface area contributed by atoms with Crippen LogP contribution in [0.15, 0.2) is 24.3 Å². The molecule has 1 aliphatic rings. The van der Waals surface area contributed by atoms with E-state index in [-0.39, 0.29) is 17.7 Å². The van der Waals surface area contributed by atoms with Crippen molar-refractivity contribution < 1.29 is 9.59 Å². The van der Waals surface area contributed by atoms with Gasteiger partial charge in [-0.05, 0) is 37.5 Å². The quantitative estimate of drug-likeness (QED) is 0.808. The monoisotopic (exact) mass is 268 g/mol. The van der Waals surface area contributed by atoms with E-state index in [1.165, 1.54) is 0 Å². The van der Waals surface area contributed by atoms with E-state index in [1.807, 2.05) is 38.1 Å². The lowest BCUT2D eigenvalue weighted by Crippen LogP contribution is -2.39. The topological polar surface area (TPSA) is 59.1 Å². The van der Waals surface area contributed by atoms with Crippen LogP contribution in [0.3, 0.4) is 0 Å². The fraction of sp³-hybridized carbons (Fsp3) is 0.312. The van der Waals surface area contributed by atoms with Crippen molar-refractivity contribution in [3.05, 3.63) is 41.1 Å². The Morgan fingerprint density at radius 1 is 1.25 bits per heavy atom. The summed E-state index contributed by atoms with van der Waals surface area (Å²) in [6, 6.07) is 8.05. The number of para-hydroxylation sites is 1. The molecule has 4 heteroatoms. The van der Waals surface area contributed by atoms with Crippen molar-refractivity contribution in [2.24, 2.45) is 0 Å². The van der Waals surface area contributed by atoms with Gasteiger partial charge in [0, 0.05) is 17.5 Å². The zero-order valence-electron chi connectivity index (χ0n) is 11.6. The van der Waals surface area contributed by atoms with Crippen molar-refractivity contribution in [3.63, 3.8) is 0 Å². The minimum atomic E-state index is -0.273. The van der Waals surface area contributed by atoms with Gasteiger partial charge in [-0.1, -0.05) is 18.2 Å². The molecule has 0 saturated carbocycles. The molecule has 1 atom stereocenters. The SMILES string of the molecule is Cc1nc2c(C)cccc2cc1C1CCC(=O)NC1=O. The van der Waals surface area contributed by atoms with Crippen LogP contribution in [-0.2, 0) is 9.59 Å². The van der Waals surface area contributed by atoms with Gasteiger partial charge in [-0.15, -0.1) is 0 Å². The molecule has 1 aromatic carbocycles. The fourth-order valence-electron chi connectivity index (χ4n) is 2.80. The van der Waals surface area contributed by atoms with Crippen molar-refractivity contribution in [1.29, 1.82) is 0 Å². The molecule has 1 aliphatic heterocycles. The van der Waals surface area contributed by atoms with Crippen LogP contribution in [0.2, 0.25) is 0 Å². The third-order valence-electron chi connectivity index (χ3n) is 3.89. The average molecular weight is 268 g/mol. The third-order valence-corrected chi connectivity index (χ3v) is 3.89. The molecule has 20 heavy (non-hydrogen) atoms. The first kappa shape index (κ1) is 12.8. The second-order valence-corrected chi connectivity index (χ2v) is 5.31. The molecule has 0 spiro atoms. The molecule has 3 rings (SSSR count). The number of fused-ring (bicyclic) bond motifs is 1. The summed E-state index contributed by atoms with van der Waals surface area (Å²) in [6.45, 7) is 3.95. The van der Waals surface area contributed by atoms with E-state index in [1.54, 1.807) is 0 Å². The molecule has 2 heterocycles. The number of rotatable bonds is 1. The van der Waals surface area contributed by atoms with Gasteiger partial charge in [-0.2, -0.15) is 0 Å². The van der Waals surface area contributed by atoms with Gasteiger partial charge < -0.3 is 0 Å². The summed E-state index contributed by atoms with van der Waals surface area (Å²) in [4.78, 5) is 27.9. The van der Waals surface area contributed by atoms with E-state index in [9.17, 15) is 9.59 Å². The Balaban J connectivity index is 2.10. The number of hydrogen-bond donors (Lipinski definition) is 1. The highest BCUT2D eigenvalue weighted by molar-refractivity contribution is 6.01. The van der Waals surface area contributed by atoms with Crippen molar-refractivity contribution in [2.75, 3.05) is 0 Å². The Labute approximate surface area is 117 Å². The fourth-order valence-corrected chi connectivity index (χ4v) is 2.80. The number of aryl methyl sites for hydroxylation is 2. The first-order valence-corrected chi connectivity index (χ1v) is 6.77. The van der Waals surface area contributed by atoms with Crippen LogP contribution < -0.4 is 5.32 Å². The van der Waals surface area contributed by atoms with E-state index >= 15 is 0 Å². The van der Waals surface area contributed by atoms with Gasteiger partial charge in [0.15, 0.2) is 0 Å². The number of carbonyl (C=O) groups is 2. The number of amides is 2. The standard InChI is InChI=1S/C16H16N2O2/c1-9-4-3-5-11-8-13(10(2)17-15(9)11)12-6-7-14(19)18-16(12)20/h3-5,8,12H,6-7H2,1-2H3,(H,18,19,20). The summed E-state index contributed by atoms with van der Waals surface area (Å²) in [5.74, 6) is -0.670. The highest BCUT2D eigenvalue weighted by atomic mass is 16.2. The number of aromatic nitrogens is 1. The molecular weight excluding hydrogens is 252 g/mol. The van der Waals surface area contributed by atoms with Gasteiger partial charge in [-0.3, -0.25) is 19.9 Å². The molecular formula is C16H16N2O2. The average Bonchev–Trinajstić information content (AvgIpc) is 2.40. The van der Waals surface area contributed by atoms with Crippen LogP contribution in [0.5, 0.6) is 0 Å². The van der Waals surface area contributed by atoms with Crippen LogP contribution >= 0.6 is 0 Å². The Bertz CT molecular complexity index is 722. The van der Waals surface area contributed by atoms with Crippen LogP contribution in [0.4, 0.5) is 0 Å². The van der Waals surface area contributed by atoms with Crippen molar-refractivity contribution in [2.45, 2.75) is 32.6 Å². The molecule has 1 saturated heterocycles. The van der Waals surface area contributed by atoms with E-state index in [0.717, 1.165) is 27.7 Å². The lowest BCUT2D eigenvalue weighted by Gasteiger charge is -2.22. The molecule has 0 bridgehead atoms. The second kappa shape index (κ2) is 4.71. The summed E-state index contributed by atoms with van der Waals surface area (Å²) in [6.07, 6.45) is 0.951. The smallest absolute Gasteiger partial charge is 0.234 e. The zero-order chi connectivity index (χ0) is 14.3. The van der Waals surface area contributed by atoms with E-state index in [2.05, 4.69) is 10.3 Å². The maximum Gasteiger partial charge on any atom is 0.234 e. The van der Waals surface area contributed by atoms with Crippen molar-refractivity contribution >= 4 is 22.7 Å². The number of carbonyl (C=O) groups excluding carboxylic acids is 2. The van der Waals surface area contributed by atoms with Crippen molar-refractivity contribution in [1.82, 2.24) is 10.3 Å². The lowest BCUT2D eigenvalue weighted by molar-refractivity contribution is -0.134. The first-order valence-electron chi connectivity index (χ1n) is 6.77. The number of nitrogens with zero attached hydrogens (tertiary/aromatic N) is 1. The first-order chi connectivity index (χ1) is 9.56. The van der Waals surface area contributed by atoms with Gasteiger partial charge >= 0.3 is 0 Å². The molecule has 1 fully saturated rings. The van der Waals surface area contributed by atoms with Crippen LogP contribution in [0, 0.1) is 13.8 Å². The predicted molar refractivity (Wildman–Crippen MR) is 76.3 cm³/mol. The second-order valence-electron chi connectivity index (χ2n) is 5.31. The summed E-state index contributed by atoms with van der Waals surface area (Å²) in [5.41, 5.74) is 3.89. The molecule has 2 aromatic rings. The van der Waals surface area contributed by atoms with Gasteiger partial charge in [-0.25, -0.2) is 0 Å². The van der Waals surface area contributed by atoms with Gasteiger partial charge in [0.25, 0.3) is 0 Å². The van der Waals surface area contributed by atoms with Gasteiger partial charge in [0.05, 0.1) is 11.4 Å².